The highest BCUT2D eigenvalue weighted by Gasteiger charge is 2.24. The number of thioether (sulfide) groups is 1. The maximum atomic E-state index is 12.1. The Balaban J connectivity index is 1.53. The van der Waals surface area contributed by atoms with Gasteiger partial charge in [-0.2, -0.15) is 0 Å². The van der Waals surface area contributed by atoms with Gasteiger partial charge >= 0.3 is 6.03 Å². The smallest absolute Gasteiger partial charge is 0.321 e. The zero-order valence-electron chi connectivity index (χ0n) is 12.8. The summed E-state index contributed by atoms with van der Waals surface area (Å²) in [5.41, 5.74) is 0.836. The van der Waals surface area contributed by atoms with Crippen molar-refractivity contribution in [1.82, 2.24) is 4.90 Å². The molecule has 0 aromatic heterocycles. The molecule has 2 N–H and O–H groups in total. The molecule has 120 valence electrons. The minimum absolute atomic E-state index is 0.116. The molecular weight excluding hydrogens is 296 g/mol. The summed E-state index contributed by atoms with van der Waals surface area (Å²) in [4.78, 5) is 15.0. The van der Waals surface area contributed by atoms with Gasteiger partial charge < -0.3 is 15.3 Å². The van der Waals surface area contributed by atoms with E-state index in [-0.39, 0.29) is 12.1 Å². The predicted octanol–water partition coefficient (Wildman–Crippen LogP) is 3.57. The lowest BCUT2D eigenvalue weighted by atomic mass is 10.1. The van der Waals surface area contributed by atoms with E-state index in [2.05, 4.69) is 11.4 Å². The van der Waals surface area contributed by atoms with Crippen LogP contribution in [-0.4, -0.2) is 41.0 Å². The number of rotatable bonds is 4. The molecule has 2 aliphatic rings. The van der Waals surface area contributed by atoms with Crippen molar-refractivity contribution in [1.29, 1.82) is 0 Å². The Morgan fingerprint density at radius 2 is 2.14 bits per heavy atom. The minimum atomic E-state index is -0.376. The van der Waals surface area contributed by atoms with Crippen LogP contribution in [-0.2, 0) is 0 Å². The molecule has 5 heteroatoms. The first-order chi connectivity index (χ1) is 10.7. The number of carbonyl (C=O) groups is 1. The first kappa shape index (κ1) is 15.7. The fraction of sp³-hybridized carbons (Fsp3) is 0.588. The Morgan fingerprint density at radius 1 is 1.32 bits per heavy atom. The van der Waals surface area contributed by atoms with E-state index in [0.717, 1.165) is 11.6 Å². The summed E-state index contributed by atoms with van der Waals surface area (Å²) < 4.78 is 0. The average molecular weight is 320 g/mol. The van der Waals surface area contributed by atoms with Gasteiger partial charge in [-0.3, -0.25) is 0 Å². The highest BCUT2D eigenvalue weighted by molar-refractivity contribution is 7.99. The molecule has 4 nitrogen and oxygen atoms in total. The van der Waals surface area contributed by atoms with Crippen molar-refractivity contribution in [3.63, 3.8) is 0 Å². The van der Waals surface area contributed by atoms with E-state index in [4.69, 9.17) is 0 Å². The number of carbonyl (C=O) groups excluding carboxylic acids is 1. The largest absolute Gasteiger partial charge is 0.391 e. The van der Waals surface area contributed by atoms with Crippen LogP contribution in [0.25, 0.3) is 0 Å². The van der Waals surface area contributed by atoms with E-state index in [1.165, 1.54) is 36.3 Å². The molecule has 1 saturated heterocycles. The fourth-order valence-corrected chi connectivity index (χ4v) is 4.33. The third kappa shape index (κ3) is 4.17. The molecule has 0 bridgehead atoms. The number of aliphatic hydroxyl groups excluding tert-OH is 1. The maximum absolute atomic E-state index is 12.1. The molecule has 2 amide bonds. The average Bonchev–Trinajstić information content (AvgIpc) is 3.17. The summed E-state index contributed by atoms with van der Waals surface area (Å²) in [6.45, 7) is 1.06. The van der Waals surface area contributed by atoms with Gasteiger partial charge in [0, 0.05) is 29.4 Å². The zero-order chi connectivity index (χ0) is 15.4. The summed E-state index contributed by atoms with van der Waals surface area (Å²) >= 11 is 1.89. The molecule has 1 aromatic carbocycles. The van der Waals surface area contributed by atoms with Gasteiger partial charge in [0.15, 0.2) is 0 Å². The highest BCUT2D eigenvalue weighted by Crippen LogP contribution is 2.31. The lowest BCUT2D eigenvalue weighted by Crippen LogP contribution is -2.33. The van der Waals surface area contributed by atoms with Crippen LogP contribution in [0.3, 0.4) is 0 Å². The van der Waals surface area contributed by atoms with Gasteiger partial charge in [0.2, 0.25) is 0 Å². The van der Waals surface area contributed by atoms with Crippen LogP contribution in [0.5, 0.6) is 0 Å². The summed E-state index contributed by atoms with van der Waals surface area (Å²) in [5, 5.41) is 12.4. The van der Waals surface area contributed by atoms with Gasteiger partial charge in [0.25, 0.3) is 0 Å². The maximum Gasteiger partial charge on any atom is 0.321 e. The quantitative estimate of drug-likeness (QED) is 0.834. The summed E-state index contributed by atoms with van der Waals surface area (Å²) in [6, 6.07) is 7.95. The zero-order valence-corrected chi connectivity index (χ0v) is 13.6. The third-order valence-corrected chi connectivity index (χ3v) is 5.72. The van der Waals surface area contributed by atoms with Gasteiger partial charge in [-0.15, -0.1) is 11.8 Å². The van der Waals surface area contributed by atoms with E-state index < -0.39 is 0 Å². The molecule has 1 atom stereocenters. The van der Waals surface area contributed by atoms with Gasteiger partial charge in [-0.1, -0.05) is 18.9 Å². The number of β-amino-alcohol motifs (C(OH)–C–C–N with tert-alkyl or cyclic N) is 1. The van der Waals surface area contributed by atoms with E-state index in [0.29, 0.717) is 19.5 Å². The third-order valence-electron chi connectivity index (χ3n) is 4.50. The van der Waals surface area contributed by atoms with Gasteiger partial charge in [0.05, 0.1) is 6.10 Å². The van der Waals surface area contributed by atoms with Gasteiger partial charge in [-0.25, -0.2) is 4.79 Å². The number of benzene rings is 1. The molecule has 2 fully saturated rings. The van der Waals surface area contributed by atoms with E-state index in [1.54, 1.807) is 4.90 Å². The van der Waals surface area contributed by atoms with Crippen LogP contribution < -0.4 is 5.32 Å². The first-order valence-corrected chi connectivity index (χ1v) is 9.16. The first-order valence-electron chi connectivity index (χ1n) is 8.17. The Labute approximate surface area is 136 Å². The van der Waals surface area contributed by atoms with Crippen LogP contribution in [0, 0.1) is 5.92 Å². The summed E-state index contributed by atoms with van der Waals surface area (Å²) in [6.07, 6.45) is 5.78. The highest BCUT2D eigenvalue weighted by atomic mass is 32.2. The fourth-order valence-electron chi connectivity index (χ4n) is 3.18. The summed E-state index contributed by atoms with van der Waals surface area (Å²) in [7, 11) is 0. The van der Waals surface area contributed by atoms with Crippen LogP contribution in [0.4, 0.5) is 10.5 Å². The van der Waals surface area contributed by atoms with Crippen molar-refractivity contribution in [2.75, 3.05) is 24.2 Å². The van der Waals surface area contributed by atoms with E-state index in [1.807, 2.05) is 30.0 Å². The van der Waals surface area contributed by atoms with Gasteiger partial charge in [-0.05, 0) is 43.4 Å². The number of likely N-dealkylation sites (tertiary alicyclic amines) is 1. The van der Waals surface area contributed by atoms with Crippen LogP contribution in [0.1, 0.15) is 32.1 Å². The van der Waals surface area contributed by atoms with Gasteiger partial charge in [0.1, 0.15) is 0 Å². The number of nitrogens with one attached hydrogen (secondary N) is 1. The van der Waals surface area contributed by atoms with E-state index in [9.17, 15) is 9.90 Å². The molecule has 1 aliphatic carbocycles. The van der Waals surface area contributed by atoms with Crippen molar-refractivity contribution in [2.24, 2.45) is 5.92 Å². The molecule has 0 radical (unpaired) electrons. The SMILES string of the molecule is O=C(Nc1cccc(SCC2CCCC2)c1)N1CCC(O)C1. The van der Waals surface area contributed by atoms with E-state index >= 15 is 0 Å². The van der Waals surface area contributed by atoms with Crippen molar-refractivity contribution >= 4 is 23.5 Å². The predicted molar refractivity (Wildman–Crippen MR) is 90.3 cm³/mol. The molecular formula is C17H24N2O2S. The second-order valence-electron chi connectivity index (χ2n) is 6.31. The van der Waals surface area contributed by atoms with Crippen molar-refractivity contribution in [3.8, 4) is 0 Å². The number of hydrogen-bond donors (Lipinski definition) is 2. The van der Waals surface area contributed by atoms with Crippen molar-refractivity contribution in [3.05, 3.63) is 24.3 Å². The molecule has 1 heterocycles. The van der Waals surface area contributed by atoms with Crippen molar-refractivity contribution in [2.45, 2.75) is 43.1 Å². The Morgan fingerprint density at radius 3 is 2.86 bits per heavy atom. The molecule has 1 aliphatic heterocycles. The molecule has 1 aromatic rings. The Kier molecular flexibility index (Phi) is 5.26. The van der Waals surface area contributed by atoms with Crippen molar-refractivity contribution < 1.29 is 9.90 Å². The molecule has 0 spiro atoms. The number of urea groups is 1. The number of hydrogen-bond acceptors (Lipinski definition) is 3. The monoisotopic (exact) mass is 320 g/mol. The topological polar surface area (TPSA) is 52.6 Å². The Hall–Kier alpha value is -1.20. The second kappa shape index (κ2) is 7.38. The molecule has 3 rings (SSSR count). The Bertz CT molecular complexity index is 517. The minimum Gasteiger partial charge on any atom is -0.391 e. The lowest BCUT2D eigenvalue weighted by Gasteiger charge is -2.17. The lowest BCUT2D eigenvalue weighted by molar-refractivity contribution is 0.176. The number of amides is 2. The van der Waals surface area contributed by atoms with Crippen LogP contribution >= 0.6 is 11.8 Å². The molecule has 1 saturated carbocycles. The van der Waals surface area contributed by atoms with Crippen LogP contribution in [0.15, 0.2) is 29.2 Å². The number of nitrogens with zero attached hydrogens (tertiary/aromatic N) is 1. The number of anilines is 1. The molecule has 1 unspecified atom stereocenters. The number of aliphatic hydroxyl groups is 1. The normalized spacial score (nSPS) is 22.2. The summed E-state index contributed by atoms with van der Waals surface area (Å²) in [5.74, 6) is 2.03. The standard InChI is InChI=1S/C17H24N2O2S/c20-15-8-9-19(11-15)17(21)18-14-6-3-7-16(10-14)22-12-13-4-1-2-5-13/h3,6-7,10,13,15,20H,1-2,4-5,8-9,11-12H2,(H,18,21). The molecule has 22 heavy (non-hydrogen) atoms. The van der Waals surface area contributed by atoms with Crippen LogP contribution in [0.2, 0.25) is 0 Å². The second-order valence-corrected chi connectivity index (χ2v) is 7.40.